The molecule has 1 aromatic carbocycles. The Morgan fingerprint density at radius 1 is 1.12 bits per heavy atom. The van der Waals surface area contributed by atoms with E-state index in [0.717, 1.165) is 48.9 Å². The molecule has 1 N–H and O–H groups in total. The Morgan fingerprint density at radius 2 is 1.91 bits per heavy atom. The molecule has 0 aliphatic carbocycles. The van der Waals surface area contributed by atoms with Gasteiger partial charge >= 0.3 is 6.18 Å². The van der Waals surface area contributed by atoms with E-state index in [1.54, 1.807) is 6.07 Å². The van der Waals surface area contributed by atoms with E-state index >= 15 is 0 Å². The lowest BCUT2D eigenvalue weighted by molar-refractivity contribution is -0.137. The second-order valence-corrected chi connectivity index (χ2v) is 8.31. The van der Waals surface area contributed by atoms with Crippen molar-refractivity contribution in [2.45, 2.75) is 32.4 Å². The van der Waals surface area contributed by atoms with Gasteiger partial charge in [-0.1, -0.05) is 18.0 Å². The SMILES string of the molecule is Cc1cc2c(OCCN3CCCCC3)ccc(Cl)c2nc1Nc1cc(C(F)(F)F)ccn1. The van der Waals surface area contributed by atoms with Gasteiger partial charge in [-0.3, -0.25) is 4.90 Å². The maximum atomic E-state index is 13.0. The van der Waals surface area contributed by atoms with Gasteiger partial charge in [-0.25, -0.2) is 9.97 Å². The van der Waals surface area contributed by atoms with Crippen LogP contribution in [-0.2, 0) is 6.18 Å². The van der Waals surface area contributed by atoms with E-state index in [4.69, 9.17) is 16.3 Å². The van der Waals surface area contributed by atoms with Crippen LogP contribution in [0.2, 0.25) is 5.02 Å². The van der Waals surface area contributed by atoms with Gasteiger partial charge in [0.25, 0.3) is 0 Å². The summed E-state index contributed by atoms with van der Waals surface area (Å²) in [5.74, 6) is 1.12. The summed E-state index contributed by atoms with van der Waals surface area (Å²) >= 11 is 6.38. The van der Waals surface area contributed by atoms with Crippen LogP contribution in [0.15, 0.2) is 36.5 Å². The van der Waals surface area contributed by atoms with Crippen LogP contribution >= 0.6 is 11.6 Å². The molecule has 3 aromatic rings. The molecule has 0 unspecified atom stereocenters. The molecule has 1 aliphatic rings. The van der Waals surface area contributed by atoms with E-state index in [9.17, 15) is 13.2 Å². The Hall–Kier alpha value is -2.58. The van der Waals surface area contributed by atoms with Crippen molar-refractivity contribution in [2.75, 3.05) is 31.6 Å². The van der Waals surface area contributed by atoms with Gasteiger partial charge in [-0.2, -0.15) is 13.2 Å². The highest BCUT2D eigenvalue weighted by Gasteiger charge is 2.30. The first-order valence-electron chi connectivity index (χ1n) is 10.6. The van der Waals surface area contributed by atoms with Crippen molar-refractivity contribution in [3.63, 3.8) is 0 Å². The molecule has 0 amide bonds. The quantitative estimate of drug-likeness (QED) is 0.469. The number of anilines is 2. The molecule has 1 aliphatic heterocycles. The van der Waals surface area contributed by atoms with Crippen molar-refractivity contribution in [3.8, 4) is 5.75 Å². The number of piperidine rings is 1. The van der Waals surface area contributed by atoms with Crippen LogP contribution in [0.5, 0.6) is 5.75 Å². The number of hydrogen-bond donors (Lipinski definition) is 1. The number of hydrogen-bond acceptors (Lipinski definition) is 5. The third kappa shape index (κ3) is 5.24. The molecule has 1 saturated heterocycles. The minimum Gasteiger partial charge on any atom is -0.492 e. The van der Waals surface area contributed by atoms with Crippen LogP contribution in [0.3, 0.4) is 0 Å². The first-order valence-corrected chi connectivity index (χ1v) is 10.9. The third-order valence-corrected chi connectivity index (χ3v) is 5.84. The Bertz CT molecular complexity index is 1100. The first kappa shape index (κ1) is 22.6. The summed E-state index contributed by atoms with van der Waals surface area (Å²) in [5.41, 5.74) is 0.470. The summed E-state index contributed by atoms with van der Waals surface area (Å²) in [7, 11) is 0. The number of benzene rings is 1. The fourth-order valence-corrected chi connectivity index (χ4v) is 4.02. The van der Waals surface area contributed by atoms with Crippen LogP contribution in [0.1, 0.15) is 30.4 Å². The molecule has 4 rings (SSSR count). The Morgan fingerprint density at radius 3 is 2.66 bits per heavy atom. The van der Waals surface area contributed by atoms with Gasteiger partial charge in [-0.05, 0) is 68.8 Å². The number of rotatable bonds is 6. The maximum Gasteiger partial charge on any atom is 0.416 e. The van der Waals surface area contributed by atoms with Gasteiger partial charge in [0.1, 0.15) is 24.0 Å². The summed E-state index contributed by atoms with van der Waals surface area (Å²) in [6.45, 7) is 5.44. The molecule has 0 radical (unpaired) electrons. The fraction of sp³-hybridized carbons (Fsp3) is 0.391. The molecular formula is C23H24ClF3N4O. The van der Waals surface area contributed by atoms with E-state index in [1.165, 1.54) is 19.3 Å². The van der Waals surface area contributed by atoms with Gasteiger partial charge in [-0.15, -0.1) is 0 Å². The third-order valence-electron chi connectivity index (χ3n) is 5.53. The van der Waals surface area contributed by atoms with Crippen molar-refractivity contribution >= 4 is 34.1 Å². The molecule has 0 bridgehead atoms. The lowest BCUT2D eigenvalue weighted by Crippen LogP contribution is -2.33. The normalized spacial score (nSPS) is 15.2. The van der Waals surface area contributed by atoms with Gasteiger partial charge in [0.2, 0.25) is 0 Å². The van der Waals surface area contributed by atoms with Crippen molar-refractivity contribution in [1.82, 2.24) is 14.9 Å². The van der Waals surface area contributed by atoms with Gasteiger partial charge in [0.05, 0.1) is 16.1 Å². The van der Waals surface area contributed by atoms with Crippen LogP contribution < -0.4 is 10.1 Å². The van der Waals surface area contributed by atoms with Crippen LogP contribution in [-0.4, -0.2) is 41.1 Å². The standard InChI is InChI=1S/C23H24ClF3N4O/c1-15-13-17-19(32-12-11-31-9-3-2-4-10-31)6-5-18(24)21(17)30-22(15)29-20-14-16(7-8-28-20)23(25,26)27/h5-8,13-14H,2-4,9-12H2,1H3,(H,28,29,30). The van der Waals surface area contributed by atoms with Crippen LogP contribution in [0.25, 0.3) is 10.9 Å². The van der Waals surface area contributed by atoms with Gasteiger partial charge in [0, 0.05) is 18.1 Å². The van der Waals surface area contributed by atoms with E-state index in [0.29, 0.717) is 28.7 Å². The number of nitrogens with one attached hydrogen (secondary N) is 1. The Balaban J connectivity index is 1.56. The second kappa shape index (κ2) is 9.50. The lowest BCUT2D eigenvalue weighted by atomic mass is 10.1. The predicted octanol–water partition coefficient (Wildman–Crippen LogP) is 6.22. The number of pyridine rings is 2. The molecule has 0 spiro atoms. The lowest BCUT2D eigenvalue weighted by Gasteiger charge is -2.26. The molecular weight excluding hydrogens is 441 g/mol. The number of fused-ring (bicyclic) bond motifs is 1. The van der Waals surface area contributed by atoms with E-state index in [1.807, 2.05) is 19.1 Å². The number of ether oxygens (including phenoxy) is 1. The summed E-state index contributed by atoms with van der Waals surface area (Å²) in [6.07, 6.45) is 0.404. The Kier molecular flexibility index (Phi) is 6.71. The van der Waals surface area contributed by atoms with Crippen molar-refractivity contribution in [3.05, 3.63) is 52.7 Å². The molecule has 170 valence electrons. The highest BCUT2D eigenvalue weighted by atomic mass is 35.5. The number of likely N-dealkylation sites (tertiary alicyclic amines) is 1. The highest BCUT2D eigenvalue weighted by molar-refractivity contribution is 6.35. The number of alkyl halides is 3. The predicted molar refractivity (Wildman–Crippen MR) is 120 cm³/mol. The van der Waals surface area contributed by atoms with Gasteiger partial charge < -0.3 is 10.1 Å². The van der Waals surface area contributed by atoms with E-state index in [-0.39, 0.29) is 5.82 Å². The van der Waals surface area contributed by atoms with Crippen molar-refractivity contribution in [2.24, 2.45) is 0 Å². The monoisotopic (exact) mass is 464 g/mol. The molecule has 0 saturated carbocycles. The smallest absolute Gasteiger partial charge is 0.416 e. The zero-order valence-electron chi connectivity index (χ0n) is 17.7. The topological polar surface area (TPSA) is 50.3 Å². The molecule has 3 heterocycles. The zero-order chi connectivity index (χ0) is 22.7. The molecule has 1 fully saturated rings. The highest BCUT2D eigenvalue weighted by Crippen LogP contribution is 2.34. The van der Waals surface area contributed by atoms with Crippen molar-refractivity contribution in [1.29, 1.82) is 0 Å². The fourth-order valence-electron chi connectivity index (χ4n) is 3.82. The molecule has 0 atom stereocenters. The molecule has 5 nitrogen and oxygen atoms in total. The number of aryl methyl sites for hydroxylation is 1. The van der Waals surface area contributed by atoms with Gasteiger partial charge in [0.15, 0.2) is 0 Å². The maximum absolute atomic E-state index is 13.0. The van der Waals surface area contributed by atoms with E-state index in [2.05, 4.69) is 20.2 Å². The average Bonchev–Trinajstić information content (AvgIpc) is 2.77. The minimum atomic E-state index is -4.45. The van der Waals surface area contributed by atoms with Crippen LogP contribution in [0.4, 0.5) is 24.8 Å². The Labute approximate surface area is 189 Å². The summed E-state index contributed by atoms with van der Waals surface area (Å²) in [6, 6.07) is 7.29. The number of nitrogens with zero attached hydrogens (tertiary/aromatic N) is 3. The molecule has 32 heavy (non-hydrogen) atoms. The average molecular weight is 465 g/mol. The minimum absolute atomic E-state index is 0.0554. The van der Waals surface area contributed by atoms with Crippen molar-refractivity contribution < 1.29 is 17.9 Å². The second-order valence-electron chi connectivity index (χ2n) is 7.90. The zero-order valence-corrected chi connectivity index (χ0v) is 18.4. The number of aromatic nitrogens is 2. The molecule has 9 heteroatoms. The first-order chi connectivity index (χ1) is 15.3. The summed E-state index contributed by atoms with van der Waals surface area (Å²) in [5, 5.41) is 4.08. The summed E-state index contributed by atoms with van der Waals surface area (Å²) in [4.78, 5) is 10.9. The molecule has 2 aromatic heterocycles. The summed E-state index contributed by atoms with van der Waals surface area (Å²) < 4.78 is 45.1. The largest absolute Gasteiger partial charge is 0.492 e. The number of halogens is 4. The van der Waals surface area contributed by atoms with Crippen LogP contribution in [0, 0.1) is 6.92 Å². The van der Waals surface area contributed by atoms with E-state index < -0.39 is 11.7 Å².